The van der Waals surface area contributed by atoms with E-state index in [0.717, 1.165) is 10.7 Å². The molecule has 0 spiro atoms. The maximum atomic E-state index is 12.5. The Balaban J connectivity index is 2.05. The summed E-state index contributed by atoms with van der Waals surface area (Å²) in [5.41, 5.74) is 0. The molecule has 1 aliphatic carbocycles. The lowest BCUT2D eigenvalue weighted by atomic mass is 10.1. The van der Waals surface area contributed by atoms with Crippen LogP contribution in [0.15, 0.2) is 0 Å². The normalized spacial score (nSPS) is 30.2. The summed E-state index contributed by atoms with van der Waals surface area (Å²) in [6.07, 6.45) is -2.56. The van der Waals surface area contributed by atoms with Gasteiger partial charge in [0.15, 0.2) is 0 Å². The highest BCUT2D eigenvalue weighted by molar-refractivity contribution is 7.89. The number of alkyl halides is 3. The van der Waals surface area contributed by atoms with E-state index in [4.69, 9.17) is 0 Å². The highest BCUT2D eigenvalue weighted by atomic mass is 32.2. The molecule has 3 atom stereocenters. The Morgan fingerprint density at radius 2 is 2.05 bits per heavy atom. The summed E-state index contributed by atoms with van der Waals surface area (Å²) in [5.74, 6) is -3.27. The van der Waals surface area contributed by atoms with Crippen LogP contribution < -0.4 is 5.32 Å². The number of halogens is 3. The monoisotopic (exact) mass is 342 g/mol. The second-order valence-corrected chi connectivity index (χ2v) is 7.95. The van der Waals surface area contributed by atoms with E-state index in [1.807, 2.05) is 6.92 Å². The van der Waals surface area contributed by atoms with Crippen molar-refractivity contribution >= 4 is 15.9 Å². The van der Waals surface area contributed by atoms with Crippen molar-refractivity contribution in [2.45, 2.75) is 44.8 Å². The maximum Gasteiger partial charge on any atom is 0.392 e. The smallest absolute Gasteiger partial charge is 0.353 e. The van der Waals surface area contributed by atoms with Gasteiger partial charge in [0, 0.05) is 13.1 Å². The molecule has 0 aromatic rings. The quantitative estimate of drug-likeness (QED) is 0.796. The van der Waals surface area contributed by atoms with Gasteiger partial charge < -0.3 is 5.32 Å². The molecule has 2 aliphatic rings. The third kappa shape index (κ3) is 3.92. The van der Waals surface area contributed by atoms with E-state index in [1.54, 1.807) is 0 Å². The van der Waals surface area contributed by atoms with Crippen LogP contribution in [0.2, 0.25) is 0 Å². The first kappa shape index (κ1) is 17.5. The third-order valence-electron chi connectivity index (χ3n) is 4.24. The molecule has 9 heteroatoms. The molecule has 1 saturated carbocycles. The first-order chi connectivity index (χ1) is 10.2. The van der Waals surface area contributed by atoms with Gasteiger partial charge in [-0.15, -0.1) is 0 Å². The highest BCUT2D eigenvalue weighted by Gasteiger charge is 2.57. The summed E-state index contributed by atoms with van der Waals surface area (Å²) < 4.78 is 63.5. The topological polar surface area (TPSA) is 66.5 Å². The van der Waals surface area contributed by atoms with E-state index < -0.39 is 39.8 Å². The molecule has 1 saturated heterocycles. The molecular formula is C13H21F3N2O3S. The van der Waals surface area contributed by atoms with E-state index in [-0.39, 0.29) is 25.4 Å². The van der Waals surface area contributed by atoms with Crippen molar-refractivity contribution in [3.63, 3.8) is 0 Å². The number of hydrogen-bond donors (Lipinski definition) is 1. The van der Waals surface area contributed by atoms with Crippen molar-refractivity contribution in [3.05, 3.63) is 0 Å². The molecular weight excluding hydrogens is 321 g/mol. The third-order valence-corrected chi connectivity index (χ3v) is 6.24. The van der Waals surface area contributed by atoms with Gasteiger partial charge in [0.05, 0.1) is 11.7 Å². The molecule has 1 aliphatic heterocycles. The summed E-state index contributed by atoms with van der Waals surface area (Å²) >= 11 is 0. The molecule has 0 radical (unpaired) electrons. The van der Waals surface area contributed by atoms with E-state index in [1.165, 1.54) is 0 Å². The zero-order valence-corrected chi connectivity index (χ0v) is 13.2. The van der Waals surface area contributed by atoms with E-state index in [2.05, 4.69) is 5.32 Å². The van der Waals surface area contributed by atoms with Crippen LogP contribution in [-0.4, -0.2) is 49.7 Å². The number of sulfonamides is 1. The van der Waals surface area contributed by atoms with Gasteiger partial charge in [0.2, 0.25) is 15.9 Å². The fraction of sp³-hybridized carbons (Fsp3) is 0.923. The number of amides is 1. The number of carbonyl (C=O) groups is 1. The molecule has 1 unspecified atom stereocenters. The molecule has 0 bridgehead atoms. The van der Waals surface area contributed by atoms with Crippen LogP contribution in [0.5, 0.6) is 0 Å². The van der Waals surface area contributed by atoms with Crippen molar-refractivity contribution in [1.82, 2.24) is 9.62 Å². The van der Waals surface area contributed by atoms with Gasteiger partial charge in [-0.05, 0) is 18.8 Å². The fourth-order valence-electron chi connectivity index (χ4n) is 2.90. The number of nitrogens with one attached hydrogen (secondary N) is 1. The average molecular weight is 342 g/mol. The molecule has 1 amide bonds. The second-order valence-electron chi connectivity index (χ2n) is 5.98. The molecule has 1 heterocycles. The standard InChI is InChI=1S/C13H21F3N2O3S/c1-2-3-4-11-12(19)17-5-6-18(11)22(20,21)8-9-7-10(9)13(14,15)16/h9-11H,2-8H2,1H3,(H,17,19)/t9-,10+,11?/m0/s1. The lowest BCUT2D eigenvalue weighted by molar-refractivity contribution is -0.150. The van der Waals surface area contributed by atoms with Crippen LogP contribution in [0.1, 0.15) is 32.6 Å². The summed E-state index contributed by atoms with van der Waals surface area (Å²) in [4.78, 5) is 11.9. The van der Waals surface area contributed by atoms with Crippen molar-refractivity contribution in [3.8, 4) is 0 Å². The molecule has 0 aromatic carbocycles. The van der Waals surface area contributed by atoms with Gasteiger partial charge in [-0.1, -0.05) is 19.8 Å². The largest absolute Gasteiger partial charge is 0.392 e. The van der Waals surface area contributed by atoms with E-state index >= 15 is 0 Å². The van der Waals surface area contributed by atoms with E-state index in [0.29, 0.717) is 12.8 Å². The molecule has 0 aromatic heterocycles. The zero-order valence-electron chi connectivity index (χ0n) is 12.4. The van der Waals surface area contributed by atoms with Crippen LogP contribution in [0.3, 0.4) is 0 Å². The minimum atomic E-state index is -4.33. The molecule has 22 heavy (non-hydrogen) atoms. The van der Waals surface area contributed by atoms with Crippen LogP contribution in [0, 0.1) is 11.8 Å². The van der Waals surface area contributed by atoms with Crippen LogP contribution in [0.4, 0.5) is 13.2 Å². The number of hydrogen-bond acceptors (Lipinski definition) is 3. The Kier molecular flexibility index (Phi) is 5.06. The zero-order chi connectivity index (χ0) is 16.5. The lowest BCUT2D eigenvalue weighted by Gasteiger charge is -2.34. The van der Waals surface area contributed by atoms with Gasteiger partial charge in [-0.25, -0.2) is 8.42 Å². The first-order valence-corrected chi connectivity index (χ1v) is 9.11. The number of carbonyl (C=O) groups excluding carboxylic acids is 1. The fourth-order valence-corrected chi connectivity index (χ4v) is 4.96. The van der Waals surface area contributed by atoms with Crippen molar-refractivity contribution in [2.24, 2.45) is 11.8 Å². The molecule has 2 fully saturated rings. The first-order valence-electron chi connectivity index (χ1n) is 7.50. The summed E-state index contributed by atoms with van der Waals surface area (Å²) in [5, 5.41) is 2.62. The van der Waals surface area contributed by atoms with Crippen LogP contribution >= 0.6 is 0 Å². The van der Waals surface area contributed by atoms with Gasteiger partial charge in [0.1, 0.15) is 6.04 Å². The second kappa shape index (κ2) is 6.35. The molecule has 1 N–H and O–H groups in total. The van der Waals surface area contributed by atoms with Crippen molar-refractivity contribution in [2.75, 3.05) is 18.8 Å². The molecule has 128 valence electrons. The number of nitrogens with zero attached hydrogens (tertiary/aromatic N) is 1. The lowest BCUT2D eigenvalue weighted by Crippen LogP contribution is -2.57. The molecule has 5 nitrogen and oxygen atoms in total. The number of rotatable bonds is 6. The van der Waals surface area contributed by atoms with Crippen molar-refractivity contribution < 1.29 is 26.4 Å². The van der Waals surface area contributed by atoms with Gasteiger partial charge >= 0.3 is 6.18 Å². The Morgan fingerprint density at radius 1 is 1.36 bits per heavy atom. The highest BCUT2D eigenvalue weighted by Crippen LogP contribution is 2.50. The molecule has 2 rings (SSSR count). The minimum absolute atomic E-state index is 0.131. The SMILES string of the molecule is CCCCC1C(=O)NCCN1S(=O)(=O)C[C@@H]1C[C@H]1C(F)(F)F. The Hall–Kier alpha value is -0.830. The Labute approximate surface area is 128 Å². The summed E-state index contributed by atoms with van der Waals surface area (Å²) in [7, 11) is -3.85. The predicted octanol–water partition coefficient (Wildman–Crippen LogP) is 1.51. The average Bonchev–Trinajstić information content (AvgIpc) is 3.15. The van der Waals surface area contributed by atoms with Gasteiger partial charge in [-0.3, -0.25) is 4.79 Å². The summed E-state index contributed by atoms with van der Waals surface area (Å²) in [6, 6.07) is -0.790. The maximum absolute atomic E-state index is 12.5. The summed E-state index contributed by atoms with van der Waals surface area (Å²) in [6.45, 7) is 2.26. The van der Waals surface area contributed by atoms with Crippen LogP contribution in [0.25, 0.3) is 0 Å². The van der Waals surface area contributed by atoms with E-state index in [9.17, 15) is 26.4 Å². The number of unbranched alkanes of at least 4 members (excludes halogenated alkanes) is 1. The van der Waals surface area contributed by atoms with Crippen LogP contribution in [-0.2, 0) is 14.8 Å². The van der Waals surface area contributed by atoms with Gasteiger partial charge in [0.25, 0.3) is 0 Å². The number of piperazine rings is 1. The van der Waals surface area contributed by atoms with Gasteiger partial charge in [-0.2, -0.15) is 17.5 Å². The Bertz CT molecular complexity index is 521. The predicted molar refractivity (Wildman–Crippen MR) is 74.5 cm³/mol. The Morgan fingerprint density at radius 3 is 2.59 bits per heavy atom. The van der Waals surface area contributed by atoms with Crippen molar-refractivity contribution in [1.29, 1.82) is 0 Å². The minimum Gasteiger partial charge on any atom is -0.353 e.